The third kappa shape index (κ3) is 4.31. The Morgan fingerprint density at radius 1 is 1.48 bits per heavy atom. The topological polar surface area (TPSA) is 74.5 Å². The Morgan fingerprint density at radius 2 is 2.14 bits per heavy atom. The third-order valence-corrected chi connectivity index (χ3v) is 5.14. The lowest BCUT2D eigenvalue weighted by atomic mass is 9.94. The molecule has 2 rings (SSSR count). The highest BCUT2D eigenvalue weighted by molar-refractivity contribution is 7.18. The van der Waals surface area contributed by atoms with Crippen molar-refractivity contribution in [1.29, 1.82) is 0 Å². The number of nitrogen functional groups attached to an aromatic ring is 1. The molecule has 1 aliphatic rings. The molecule has 118 valence electrons. The number of hydrogen-bond acceptors (Lipinski definition) is 6. The van der Waals surface area contributed by atoms with Gasteiger partial charge in [-0.2, -0.15) is 0 Å². The van der Waals surface area contributed by atoms with Crippen LogP contribution in [0.25, 0.3) is 0 Å². The first-order valence-electron chi connectivity index (χ1n) is 7.37. The van der Waals surface area contributed by atoms with Crippen molar-refractivity contribution in [3.05, 3.63) is 4.88 Å². The zero-order chi connectivity index (χ0) is 15.4. The third-order valence-electron chi connectivity index (χ3n) is 3.91. The van der Waals surface area contributed by atoms with E-state index in [0.29, 0.717) is 17.2 Å². The molecule has 7 heteroatoms. The predicted octanol–water partition coefficient (Wildman–Crippen LogP) is 1.25. The molecular weight excluding hydrogens is 286 g/mol. The molecule has 0 aliphatic carbocycles. The number of piperidine rings is 1. The number of aromatic nitrogens is 1. The zero-order valence-corrected chi connectivity index (χ0v) is 13.9. The summed E-state index contributed by atoms with van der Waals surface area (Å²) in [5, 5.41) is 3.73. The first-order chi connectivity index (χ1) is 9.97. The molecule has 21 heavy (non-hydrogen) atoms. The molecule has 1 aliphatic heterocycles. The molecule has 1 fully saturated rings. The van der Waals surface area contributed by atoms with E-state index in [9.17, 15) is 4.79 Å². The normalized spacial score (nSPS) is 16.9. The maximum absolute atomic E-state index is 12.1. The van der Waals surface area contributed by atoms with Crippen molar-refractivity contribution in [2.24, 2.45) is 5.92 Å². The average Bonchev–Trinajstić information content (AvgIpc) is 2.83. The van der Waals surface area contributed by atoms with Gasteiger partial charge in [0.1, 0.15) is 10.7 Å². The van der Waals surface area contributed by atoms with E-state index in [1.165, 1.54) is 24.2 Å². The molecule has 1 amide bonds. The van der Waals surface area contributed by atoms with Gasteiger partial charge >= 0.3 is 0 Å². The van der Waals surface area contributed by atoms with Crippen LogP contribution < -0.4 is 16.0 Å². The van der Waals surface area contributed by atoms with Gasteiger partial charge in [0, 0.05) is 20.6 Å². The molecule has 3 N–H and O–H groups in total. The Morgan fingerprint density at radius 3 is 2.71 bits per heavy atom. The molecule has 1 aromatic heterocycles. The van der Waals surface area contributed by atoms with Crippen LogP contribution in [0.3, 0.4) is 0 Å². The minimum Gasteiger partial charge on any atom is -0.382 e. The number of nitrogens with one attached hydrogen (secondary N) is 1. The van der Waals surface area contributed by atoms with Crippen molar-refractivity contribution in [1.82, 2.24) is 15.2 Å². The molecule has 0 saturated carbocycles. The minimum atomic E-state index is -0.106. The number of rotatable bonds is 5. The summed E-state index contributed by atoms with van der Waals surface area (Å²) in [6.45, 7) is 3.03. The van der Waals surface area contributed by atoms with Gasteiger partial charge in [-0.1, -0.05) is 11.3 Å². The number of nitrogens with two attached hydrogens (primary N) is 1. The Balaban J connectivity index is 1.79. The molecule has 0 unspecified atom stereocenters. The number of amides is 1. The summed E-state index contributed by atoms with van der Waals surface area (Å²) >= 11 is 1.33. The Hall–Kier alpha value is -1.34. The van der Waals surface area contributed by atoms with Gasteiger partial charge < -0.3 is 20.9 Å². The van der Waals surface area contributed by atoms with Crippen molar-refractivity contribution in [2.45, 2.75) is 19.3 Å². The highest BCUT2D eigenvalue weighted by Crippen LogP contribution is 2.26. The highest BCUT2D eigenvalue weighted by Gasteiger charge is 2.19. The number of thiazole rings is 1. The van der Waals surface area contributed by atoms with Crippen LogP contribution in [0.15, 0.2) is 0 Å². The van der Waals surface area contributed by atoms with Gasteiger partial charge in [0.25, 0.3) is 5.91 Å². The standard InChI is InChI=1S/C14H25N5OS/c1-18(2)14-17-12(15)11(21-14)13(20)16-7-4-10-5-8-19(3)9-6-10/h10H,4-9,15H2,1-3H3,(H,16,20). The molecule has 1 aromatic rings. The number of anilines is 2. The second-order valence-electron chi connectivity index (χ2n) is 5.90. The van der Waals surface area contributed by atoms with Crippen LogP contribution in [0.4, 0.5) is 10.9 Å². The van der Waals surface area contributed by atoms with Crippen molar-refractivity contribution in [3.63, 3.8) is 0 Å². The first-order valence-corrected chi connectivity index (χ1v) is 8.19. The zero-order valence-electron chi connectivity index (χ0n) is 13.1. The number of carbonyl (C=O) groups excluding carboxylic acids is 1. The van der Waals surface area contributed by atoms with E-state index in [4.69, 9.17) is 5.73 Å². The number of likely N-dealkylation sites (tertiary alicyclic amines) is 1. The largest absolute Gasteiger partial charge is 0.382 e. The molecule has 0 bridgehead atoms. The SMILES string of the molecule is CN1CCC(CCNC(=O)c2sc(N(C)C)nc2N)CC1. The summed E-state index contributed by atoms with van der Waals surface area (Å²) in [4.78, 5) is 21.1. The van der Waals surface area contributed by atoms with Crippen LogP contribution in [0.5, 0.6) is 0 Å². The molecule has 0 atom stereocenters. The Labute approximate surface area is 130 Å². The maximum atomic E-state index is 12.1. The molecular formula is C14H25N5OS. The highest BCUT2D eigenvalue weighted by atomic mass is 32.1. The smallest absolute Gasteiger partial charge is 0.265 e. The lowest BCUT2D eigenvalue weighted by molar-refractivity contribution is 0.0953. The fraction of sp³-hybridized carbons (Fsp3) is 0.714. The van der Waals surface area contributed by atoms with Gasteiger partial charge in [0.2, 0.25) is 0 Å². The number of hydrogen-bond donors (Lipinski definition) is 2. The number of nitrogens with zero attached hydrogens (tertiary/aromatic N) is 3. The van der Waals surface area contributed by atoms with Gasteiger partial charge in [-0.15, -0.1) is 0 Å². The van der Waals surface area contributed by atoms with Crippen LogP contribution in [0.2, 0.25) is 0 Å². The van der Waals surface area contributed by atoms with Crippen LogP contribution in [-0.4, -0.2) is 56.6 Å². The van der Waals surface area contributed by atoms with Crippen molar-refractivity contribution < 1.29 is 4.79 Å². The quantitative estimate of drug-likeness (QED) is 0.856. The lowest BCUT2D eigenvalue weighted by Crippen LogP contribution is -2.32. The van der Waals surface area contributed by atoms with Gasteiger partial charge in [0.05, 0.1) is 0 Å². The second kappa shape index (κ2) is 7.09. The van der Waals surface area contributed by atoms with Gasteiger partial charge in [-0.3, -0.25) is 4.79 Å². The van der Waals surface area contributed by atoms with E-state index >= 15 is 0 Å². The van der Waals surface area contributed by atoms with E-state index in [2.05, 4.69) is 22.2 Å². The Kier molecular flexibility index (Phi) is 5.41. The second-order valence-corrected chi connectivity index (χ2v) is 6.87. The molecule has 0 aromatic carbocycles. The fourth-order valence-corrected chi connectivity index (χ4v) is 3.32. The maximum Gasteiger partial charge on any atom is 0.265 e. The predicted molar refractivity (Wildman–Crippen MR) is 88.0 cm³/mol. The lowest BCUT2D eigenvalue weighted by Gasteiger charge is -2.28. The summed E-state index contributed by atoms with van der Waals surface area (Å²) in [6, 6.07) is 0. The molecule has 0 radical (unpaired) electrons. The van der Waals surface area contributed by atoms with E-state index in [0.717, 1.165) is 30.6 Å². The average molecular weight is 311 g/mol. The molecule has 0 spiro atoms. The van der Waals surface area contributed by atoms with E-state index in [-0.39, 0.29) is 5.91 Å². The van der Waals surface area contributed by atoms with Crippen molar-refractivity contribution in [3.8, 4) is 0 Å². The minimum absolute atomic E-state index is 0.106. The molecule has 2 heterocycles. The van der Waals surface area contributed by atoms with E-state index < -0.39 is 0 Å². The number of carbonyl (C=O) groups is 1. The van der Waals surface area contributed by atoms with Crippen molar-refractivity contribution in [2.75, 3.05) is 51.4 Å². The molecule has 6 nitrogen and oxygen atoms in total. The van der Waals surface area contributed by atoms with Gasteiger partial charge in [0.15, 0.2) is 5.13 Å². The summed E-state index contributed by atoms with van der Waals surface area (Å²) in [5.41, 5.74) is 5.82. The van der Waals surface area contributed by atoms with Gasteiger partial charge in [-0.25, -0.2) is 4.98 Å². The summed E-state index contributed by atoms with van der Waals surface area (Å²) < 4.78 is 0. The van der Waals surface area contributed by atoms with Crippen LogP contribution >= 0.6 is 11.3 Å². The fourth-order valence-electron chi connectivity index (χ4n) is 2.50. The first kappa shape index (κ1) is 16.0. The molecule has 1 saturated heterocycles. The van der Waals surface area contributed by atoms with Crippen LogP contribution in [0, 0.1) is 5.92 Å². The summed E-state index contributed by atoms with van der Waals surface area (Å²) in [7, 11) is 5.94. The van der Waals surface area contributed by atoms with E-state index in [1.807, 2.05) is 19.0 Å². The van der Waals surface area contributed by atoms with Crippen molar-refractivity contribution >= 4 is 28.2 Å². The summed E-state index contributed by atoms with van der Waals surface area (Å²) in [5.74, 6) is 0.934. The van der Waals surface area contributed by atoms with Gasteiger partial charge in [-0.05, 0) is 45.3 Å². The Bertz CT molecular complexity index is 480. The summed E-state index contributed by atoms with van der Waals surface area (Å²) in [6.07, 6.45) is 3.48. The van der Waals surface area contributed by atoms with Crippen LogP contribution in [0.1, 0.15) is 28.9 Å². The monoisotopic (exact) mass is 311 g/mol. The van der Waals surface area contributed by atoms with E-state index in [1.54, 1.807) is 0 Å². The van der Waals surface area contributed by atoms with Crippen LogP contribution in [-0.2, 0) is 0 Å².